The van der Waals surface area contributed by atoms with E-state index in [1.165, 1.54) is 12.8 Å². The zero-order valence-electron chi connectivity index (χ0n) is 11.6. The summed E-state index contributed by atoms with van der Waals surface area (Å²) in [7, 11) is 3.76. The molecule has 1 atom stereocenters. The van der Waals surface area contributed by atoms with Crippen LogP contribution in [0.25, 0.3) is 0 Å². The molecule has 1 aliphatic rings. The van der Waals surface area contributed by atoms with E-state index in [0.29, 0.717) is 12.6 Å². The molecule has 106 valence electrons. The number of rotatable bonds is 4. The third kappa shape index (κ3) is 4.24. The van der Waals surface area contributed by atoms with E-state index >= 15 is 0 Å². The Balaban J connectivity index is 1.78. The van der Waals surface area contributed by atoms with E-state index < -0.39 is 0 Å². The summed E-state index contributed by atoms with van der Waals surface area (Å²) in [6.45, 7) is 2.34. The molecule has 0 radical (unpaired) electrons. The Labute approximate surface area is 113 Å². The first-order valence-electron chi connectivity index (χ1n) is 6.72. The zero-order valence-corrected chi connectivity index (χ0v) is 11.6. The van der Waals surface area contributed by atoms with Crippen molar-refractivity contribution in [1.29, 1.82) is 0 Å². The molecule has 0 aliphatic carbocycles. The first-order valence-corrected chi connectivity index (χ1v) is 6.72. The molecule has 1 saturated heterocycles. The minimum Gasteiger partial charge on any atom is -0.376 e. The fourth-order valence-corrected chi connectivity index (χ4v) is 2.20. The number of nitrogens with one attached hydrogen (secondary N) is 1. The Bertz CT molecular complexity index is 385. The molecule has 0 amide bonds. The quantitative estimate of drug-likeness (QED) is 0.656. The lowest BCUT2D eigenvalue weighted by atomic mass is 10.1. The van der Waals surface area contributed by atoms with Gasteiger partial charge in [-0.3, -0.25) is 4.99 Å². The van der Waals surface area contributed by atoms with Crippen LogP contribution in [0.2, 0.25) is 0 Å². The number of nitrogens with zero attached hydrogens (tertiary/aromatic N) is 3. The van der Waals surface area contributed by atoms with Crippen molar-refractivity contribution in [3.63, 3.8) is 0 Å². The highest BCUT2D eigenvalue weighted by atomic mass is 16.5. The molecule has 6 heteroatoms. The minimum absolute atomic E-state index is 0.297. The van der Waals surface area contributed by atoms with Gasteiger partial charge in [-0.25, -0.2) is 0 Å². The monoisotopic (exact) mass is 266 g/mol. The second-order valence-electron chi connectivity index (χ2n) is 4.76. The molecule has 0 bridgehead atoms. The Morgan fingerprint density at radius 3 is 3.11 bits per heavy atom. The van der Waals surface area contributed by atoms with Crippen molar-refractivity contribution in [2.45, 2.75) is 31.9 Å². The Morgan fingerprint density at radius 2 is 2.47 bits per heavy atom. The zero-order chi connectivity index (χ0) is 13.5. The normalized spacial score (nSPS) is 20.3. The van der Waals surface area contributed by atoms with Gasteiger partial charge in [0.25, 0.3) is 0 Å². The van der Waals surface area contributed by atoms with Crippen LogP contribution in [0.4, 0.5) is 0 Å². The first kappa shape index (κ1) is 13.9. The molecule has 1 aromatic rings. The van der Waals surface area contributed by atoms with Gasteiger partial charge in [-0.1, -0.05) is 5.16 Å². The summed E-state index contributed by atoms with van der Waals surface area (Å²) in [4.78, 5) is 6.28. The van der Waals surface area contributed by atoms with Crippen LogP contribution in [0.5, 0.6) is 0 Å². The summed E-state index contributed by atoms with van der Waals surface area (Å²) in [6.07, 6.45) is 5.43. The summed E-state index contributed by atoms with van der Waals surface area (Å²) >= 11 is 0. The Kier molecular flexibility index (Phi) is 5.20. The highest BCUT2D eigenvalue weighted by Crippen LogP contribution is 2.11. The molecule has 19 heavy (non-hydrogen) atoms. The molecule has 2 rings (SSSR count). The van der Waals surface area contributed by atoms with Crippen LogP contribution in [-0.4, -0.2) is 49.4 Å². The van der Waals surface area contributed by atoms with Gasteiger partial charge >= 0.3 is 0 Å². The van der Waals surface area contributed by atoms with Gasteiger partial charge in [0.15, 0.2) is 5.96 Å². The summed E-state index contributed by atoms with van der Waals surface area (Å²) in [6, 6.07) is 1.86. The summed E-state index contributed by atoms with van der Waals surface area (Å²) in [5.41, 5.74) is 0.888. The first-order chi connectivity index (χ1) is 9.29. The number of ether oxygens (including phenoxy) is 1. The third-order valence-corrected chi connectivity index (χ3v) is 3.23. The topological polar surface area (TPSA) is 62.9 Å². The van der Waals surface area contributed by atoms with Gasteiger partial charge in [0.1, 0.15) is 12.0 Å². The molecule has 1 N–H and O–H groups in total. The molecule has 6 nitrogen and oxygen atoms in total. The maximum absolute atomic E-state index is 5.70. The van der Waals surface area contributed by atoms with Gasteiger partial charge in [0, 0.05) is 33.3 Å². The minimum atomic E-state index is 0.297. The highest BCUT2D eigenvalue weighted by molar-refractivity contribution is 5.79. The maximum atomic E-state index is 5.70. The van der Waals surface area contributed by atoms with Crippen LogP contribution in [0.1, 0.15) is 25.0 Å². The lowest BCUT2D eigenvalue weighted by molar-refractivity contribution is 0.0191. The van der Waals surface area contributed by atoms with Crippen molar-refractivity contribution in [3.05, 3.63) is 18.0 Å². The van der Waals surface area contributed by atoms with Crippen molar-refractivity contribution in [2.75, 3.05) is 27.2 Å². The largest absolute Gasteiger partial charge is 0.376 e. The van der Waals surface area contributed by atoms with E-state index in [9.17, 15) is 0 Å². The van der Waals surface area contributed by atoms with Gasteiger partial charge in [0.2, 0.25) is 0 Å². The second-order valence-corrected chi connectivity index (χ2v) is 4.76. The van der Waals surface area contributed by atoms with Crippen LogP contribution in [-0.2, 0) is 11.3 Å². The molecule has 0 aromatic carbocycles. The SMILES string of the molecule is CN=C(NCC1CCCCO1)N(C)Cc1ccon1. The fraction of sp³-hybridized carbons (Fsp3) is 0.692. The van der Waals surface area contributed by atoms with Gasteiger partial charge in [0.05, 0.1) is 12.6 Å². The van der Waals surface area contributed by atoms with Gasteiger partial charge in [-0.05, 0) is 19.3 Å². The smallest absolute Gasteiger partial charge is 0.193 e. The lowest BCUT2D eigenvalue weighted by Crippen LogP contribution is -2.43. The predicted molar refractivity (Wildman–Crippen MR) is 72.9 cm³/mol. The molecular formula is C13H22N4O2. The molecule has 1 aliphatic heterocycles. The molecule has 2 heterocycles. The van der Waals surface area contributed by atoms with E-state index in [1.54, 1.807) is 13.3 Å². The van der Waals surface area contributed by atoms with Crippen LogP contribution in [0.15, 0.2) is 21.8 Å². The average molecular weight is 266 g/mol. The summed E-state index contributed by atoms with van der Waals surface area (Å²) < 4.78 is 10.5. The maximum Gasteiger partial charge on any atom is 0.193 e. The summed E-state index contributed by atoms with van der Waals surface area (Å²) in [5.74, 6) is 0.845. The van der Waals surface area contributed by atoms with Gasteiger partial charge < -0.3 is 19.5 Å². The van der Waals surface area contributed by atoms with Gasteiger partial charge in [-0.2, -0.15) is 0 Å². The van der Waals surface area contributed by atoms with Crippen LogP contribution in [0.3, 0.4) is 0 Å². The molecule has 0 spiro atoms. The van der Waals surface area contributed by atoms with E-state index in [0.717, 1.165) is 31.2 Å². The van der Waals surface area contributed by atoms with Crippen LogP contribution < -0.4 is 5.32 Å². The molecule has 0 saturated carbocycles. The molecule has 1 unspecified atom stereocenters. The van der Waals surface area contributed by atoms with Crippen molar-refractivity contribution >= 4 is 5.96 Å². The number of aromatic nitrogens is 1. The molecular weight excluding hydrogens is 244 g/mol. The highest BCUT2D eigenvalue weighted by Gasteiger charge is 2.15. The second kappa shape index (κ2) is 7.13. The fourth-order valence-electron chi connectivity index (χ4n) is 2.20. The van der Waals surface area contributed by atoms with E-state index in [4.69, 9.17) is 9.26 Å². The number of hydrogen-bond acceptors (Lipinski definition) is 4. The van der Waals surface area contributed by atoms with E-state index in [1.807, 2.05) is 18.0 Å². The van der Waals surface area contributed by atoms with Crippen molar-refractivity contribution in [2.24, 2.45) is 4.99 Å². The Morgan fingerprint density at radius 1 is 1.58 bits per heavy atom. The van der Waals surface area contributed by atoms with Crippen molar-refractivity contribution in [3.8, 4) is 0 Å². The average Bonchev–Trinajstić information content (AvgIpc) is 2.93. The molecule has 1 aromatic heterocycles. The van der Waals surface area contributed by atoms with Gasteiger partial charge in [-0.15, -0.1) is 0 Å². The third-order valence-electron chi connectivity index (χ3n) is 3.23. The van der Waals surface area contributed by atoms with E-state index in [-0.39, 0.29) is 0 Å². The number of guanidine groups is 1. The van der Waals surface area contributed by atoms with E-state index in [2.05, 4.69) is 15.5 Å². The van der Waals surface area contributed by atoms with Crippen LogP contribution in [0, 0.1) is 0 Å². The van der Waals surface area contributed by atoms with Crippen molar-refractivity contribution in [1.82, 2.24) is 15.4 Å². The molecule has 1 fully saturated rings. The van der Waals surface area contributed by atoms with Crippen LogP contribution >= 0.6 is 0 Å². The standard InChI is InChI=1S/C13H22N4O2/c1-14-13(15-9-12-5-3-4-7-18-12)17(2)10-11-6-8-19-16-11/h6,8,12H,3-5,7,9-10H2,1-2H3,(H,14,15). The summed E-state index contributed by atoms with van der Waals surface area (Å²) in [5, 5.41) is 7.24. The number of aliphatic imine (C=N–C) groups is 1. The van der Waals surface area contributed by atoms with Crippen molar-refractivity contribution < 1.29 is 9.26 Å². The Hall–Kier alpha value is -1.56. The predicted octanol–water partition coefficient (Wildman–Crippen LogP) is 1.25. The number of hydrogen-bond donors (Lipinski definition) is 1. The lowest BCUT2D eigenvalue weighted by Gasteiger charge is -2.26.